The Hall–Kier alpha value is -5.22. The van der Waals surface area contributed by atoms with Crippen LogP contribution in [0.25, 0.3) is 43.1 Å². The Bertz CT molecular complexity index is 2590. The van der Waals surface area contributed by atoms with Gasteiger partial charge in [-0.2, -0.15) is 0 Å². The van der Waals surface area contributed by atoms with Gasteiger partial charge in [0.05, 0.1) is 5.69 Å². The highest BCUT2D eigenvalue weighted by atomic mass is 16.2. The first-order valence-corrected chi connectivity index (χ1v) is 21.8. The molecule has 7 aromatic rings. The van der Waals surface area contributed by atoms with Gasteiger partial charge >= 0.3 is 0 Å². The maximum absolute atomic E-state index is 14.1. The number of nitrogens with zero attached hydrogens (tertiary/aromatic N) is 2. The van der Waals surface area contributed by atoms with Crippen LogP contribution in [0.3, 0.4) is 0 Å². The van der Waals surface area contributed by atoms with E-state index in [2.05, 4.69) is 165 Å². The second-order valence-corrected chi connectivity index (χ2v) is 21.1. The fraction of sp³-hybridized carbons (Fsp3) is 0.382. The summed E-state index contributed by atoms with van der Waals surface area (Å²) < 4.78 is 0. The normalized spacial score (nSPS) is 14.2. The molecule has 1 aliphatic rings. The molecule has 0 saturated heterocycles. The highest BCUT2D eigenvalue weighted by Gasteiger charge is 2.37. The molecule has 0 aliphatic carbocycles. The summed E-state index contributed by atoms with van der Waals surface area (Å²) in [6, 6.07) is 37.6. The fourth-order valence-electron chi connectivity index (χ4n) is 11.1. The second kappa shape index (κ2) is 14.2. The predicted octanol–water partition coefficient (Wildman–Crippen LogP) is 15.4. The van der Waals surface area contributed by atoms with Crippen molar-refractivity contribution in [1.29, 1.82) is 0 Å². The van der Waals surface area contributed by atoms with Crippen LogP contribution < -0.4 is 4.90 Å². The number of amides is 2. The molecule has 0 saturated carbocycles. The first-order chi connectivity index (χ1) is 27.7. The van der Waals surface area contributed by atoms with E-state index in [1.807, 2.05) is 26.0 Å². The zero-order valence-corrected chi connectivity index (χ0v) is 37.4. The molecule has 7 aromatic carbocycles. The number of hydrogen-bond acceptors (Lipinski definition) is 3. The smallest absolute Gasteiger partial charge is 0.261 e. The van der Waals surface area contributed by atoms with E-state index in [-0.39, 0.29) is 39.5 Å². The zero-order chi connectivity index (χ0) is 42.4. The van der Waals surface area contributed by atoms with E-state index in [4.69, 9.17) is 0 Å². The molecule has 0 bridgehead atoms. The molecular formula is C55H62N2O2. The Morgan fingerprint density at radius 2 is 0.881 bits per heavy atom. The second-order valence-electron chi connectivity index (χ2n) is 21.1. The molecular weight excluding hydrogens is 721 g/mol. The molecule has 2 amide bonds. The molecule has 1 heterocycles. The van der Waals surface area contributed by atoms with Crippen molar-refractivity contribution in [3.05, 3.63) is 125 Å². The van der Waals surface area contributed by atoms with Crippen molar-refractivity contribution in [3.8, 4) is 0 Å². The van der Waals surface area contributed by atoms with Crippen LogP contribution in [-0.2, 0) is 10.8 Å². The van der Waals surface area contributed by atoms with Crippen LogP contribution in [0.15, 0.2) is 103 Å². The monoisotopic (exact) mass is 782 g/mol. The SMILES string of the molecule is CCC(CC)N1C(=O)c2ccc3c4cccc5c(N(c6ccc(C(C)(C)CC(C)(C)C)cc6)c6ccc(C(C)(C)CC(C)(C)C)cc6)ccc(c6ccc(c2c36)C1=O)c54. The van der Waals surface area contributed by atoms with Crippen LogP contribution in [0.1, 0.15) is 141 Å². The Morgan fingerprint density at radius 3 is 1.32 bits per heavy atom. The predicted molar refractivity (Wildman–Crippen MR) is 251 cm³/mol. The van der Waals surface area contributed by atoms with Gasteiger partial charge in [0.15, 0.2) is 0 Å². The van der Waals surface area contributed by atoms with Crippen molar-refractivity contribution in [1.82, 2.24) is 4.90 Å². The molecule has 0 radical (unpaired) electrons. The van der Waals surface area contributed by atoms with Gasteiger partial charge in [0.25, 0.3) is 11.8 Å². The van der Waals surface area contributed by atoms with Gasteiger partial charge in [0.1, 0.15) is 0 Å². The van der Waals surface area contributed by atoms with Gasteiger partial charge in [0, 0.05) is 39.3 Å². The number of rotatable bonds is 10. The van der Waals surface area contributed by atoms with Crippen LogP contribution >= 0.6 is 0 Å². The molecule has 59 heavy (non-hydrogen) atoms. The maximum atomic E-state index is 14.1. The van der Waals surface area contributed by atoms with E-state index in [9.17, 15) is 9.59 Å². The summed E-state index contributed by atoms with van der Waals surface area (Å²) >= 11 is 0. The number of fused-ring (bicyclic) bond motifs is 2. The van der Waals surface area contributed by atoms with Gasteiger partial charge in [-0.1, -0.05) is 144 Å². The quantitative estimate of drug-likeness (QED) is 0.0788. The van der Waals surface area contributed by atoms with E-state index in [1.54, 1.807) is 0 Å². The number of hydrogen-bond donors (Lipinski definition) is 0. The summed E-state index contributed by atoms with van der Waals surface area (Å²) in [6.45, 7) is 27.5. The number of imide groups is 1. The summed E-state index contributed by atoms with van der Waals surface area (Å²) in [6.07, 6.45) is 3.63. The lowest BCUT2D eigenvalue weighted by molar-refractivity contribution is 0.0530. The molecule has 0 aromatic heterocycles. The molecule has 1 aliphatic heterocycles. The number of carbonyl (C=O) groups is 2. The standard InChI is InChI=1S/C55H62N2O2/c1-13-36(14-2)57-50(58)44-28-26-41-39-16-15-17-43-46(31-30-40(47(39)43)42-27-29-45(51(57)59)49(44)48(41)42)56(37-22-18-34(19-23-37)54(9,10)32-52(3,4)5)38-24-20-35(21-25-38)55(11,12)33-53(6,7)8/h15-31,36H,13-14,32-33H2,1-12H3. The summed E-state index contributed by atoms with van der Waals surface area (Å²) in [4.78, 5) is 32.1. The first kappa shape index (κ1) is 40.6. The van der Waals surface area contributed by atoms with Gasteiger partial charge in [-0.3, -0.25) is 14.5 Å². The summed E-state index contributed by atoms with van der Waals surface area (Å²) in [5.41, 5.74) is 7.71. The fourth-order valence-corrected chi connectivity index (χ4v) is 11.1. The Kier molecular flexibility index (Phi) is 9.77. The van der Waals surface area contributed by atoms with Crippen molar-refractivity contribution in [2.45, 2.75) is 126 Å². The summed E-state index contributed by atoms with van der Waals surface area (Å²) in [5.74, 6) is -0.369. The minimum atomic E-state index is -0.185. The van der Waals surface area contributed by atoms with Gasteiger partial charge in [-0.25, -0.2) is 0 Å². The van der Waals surface area contributed by atoms with Gasteiger partial charge in [-0.05, 0) is 133 Å². The highest BCUT2D eigenvalue weighted by Crippen LogP contribution is 2.49. The molecule has 0 atom stereocenters. The third kappa shape index (κ3) is 6.97. The lowest BCUT2D eigenvalue weighted by Gasteiger charge is -2.34. The number of anilines is 3. The van der Waals surface area contributed by atoms with Gasteiger partial charge in [-0.15, -0.1) is 0 Å². The van der Waals surface area contributed by atoms with Crippen molar-refractivity contribution >= 4 is 72.0 Å². The molecule has 0 spiro atoms. The largest absolute Gasteiger partial charge is 0.310 e. The van der Waals surface area contributed by atoms with Crippen LogP contribution in [-0.4, -0.2) is 22.8 Å². The van der Waals surface area contributed by atoms with Crippen LogP contribution in [0.4, 0.5) is 17.1 Å². The Labute approximate surface area is 351 Å². The van der Waals surface area contributed by atoms with Crippen molar-refractivity contribution < 1.29 is 9.59 Å². The van der Waals surface area contributed by atoms with Gasteiger partial charge < -0.3 is 4.90 Å². The van der Waals surface area contributed by atoms with Crippen molar-refractivity contribution in [2.24, 2.45) is 10.8 Å². The molecule has 8 rings (SSSR count). The van der Waals surface area contributed by atoms with Crippen LogP contribution in [0, 0.1) is 10.8 Å². The number of benzene rings is 7. The minimum Gasteiger partial charge on any atom is -0.310 e. The highest BCUT2D eigenvalue weighted by molar-refractivity contribution is 6.39. The lowest BCUT2D eigenvalue weighted by atomic mass is 9.72. The molecule has 0 unspecified atom stereocenters. The molecule has 0 fully saturated rings. The average Bonchev–Trinajstić information content (AvgIpc) is 3.17. The third-order valence-electron chi connectivity index (χ3n) is 13.0. The maximum Gasteiger partial charge on any atom is 0.261 e. The summed E-state index contributed by atoms with van der Waals surface area (Å²) in [5, 5.41) is 8.49. The van der Waals surface area contributed by atoms with E-state index in [0.717, 1.165) is 80.4 Å². The van der Waals surface area contributed by atoms with E-state index in [0.29, 0.717) is 11.1 Å². The average molecular weight is 783 g/mol. The minimum absolute atomic E-state index is 0.0258. The zero-order valence-electron chi connectivity index (χ0n) is 37.4. The van der Waals surface area contributed by atoms with Gasteiger partial charge in [0.2, 0.25) is 0 Å². The van der Waals surface area contributed by atoms with Crippen molar-refractivity contribution in [2.75, 3.05) is 4.90 Å². The Balaban J connectivity index is 1.33. The number of carbonyl (C=O) groups excluding carboxylic acids is 2. The van der Waals surface area contributed by atoms with Crippen LogP contribution in [0.5, 0.6) is 0 Å². The topological polar surface area (TPSA) is 40.6 Å². The molecule has 304 valence electrons. The third-order valence-corrected chi connectivity index (χ3v) is 13.0. The van der Waals surface area contributed by atoms with Crippen molar-refractivity contribution in [3.63, 3.8) is 0 Å². The molecule has 0 N–H and O–H groups in total. The van der Waals surface area contributed by atoms with E-state index >= 15 is 0 Å². The summed E-state index contributed by atoms with van der Waals surface area (Å²) in [7, 11) is 0. The Morgan fingerprint density at radius 1 is 0.475 bits per heavy atom. The molecule has 4 nitrogen and oxygen atoms in total. The first-order valence-electron chi connectivity index (χ1n) is 21.8. The van der Waals surface area contributed by atoms with E-state index < -0.39 is 0 Å². The van der Waals surface area contributed by atoms with E-state index in [1.165, 1.54) is 21.4 Å². The van der Waals surface area contributed by atoms with Crippen LogP contribution in [0.2, 0.25) is 0 Å². The lowest BCUT2D eigenvalue weighted by Crippen LogP contribution is -2.46. The molecule has 4 heteroatoms.